The van der Waals surface area contributed by atoms with E-state index in [4.69, 9.17) is 0 Å². The fourth-order valence-electron chi connectivity index (χ4n) is 1.14. The van der Waals surface area contributed by atoms with Crippen molar-refractivity contribution in [3.05, 3.63) is 18.2 Å². The number of rotatable bonds is 6. The van der Waals surface area contributed by atoms with Crippen LogP contribution in [-0.4, -0.2) is 34.3 Å². The first-order valence-corrected chi connectivity index (χ1v) is 6.70. The van der Waals surface area contributed by atoms with Crippen LogP contribution in [0, 0.1) is 0 Å². The van der Waals surface area contributed by atoms with Crippen LogP contribution in [0.2, 0.25) is 0 Å². The van der Waals surface area contributed by atoms with Gasteiger partial charge in [-0.1, -0.05) is 6.07 Å². The van der Waals surface area contributed by atoms with E-state index < -0.39 is 10.8 Å². The highest BCUT2D eigenvalue weighted by Gasteiger charge is 1.96. The number of nitrogens with one attached hydrogen (secondary N) is 2. The molecule has 4 nitrogen and oxygen atoms in total. The molecule has 0 amide bonds. The first-order valence-electron chi connectivity index (χ1n) is 4.97. The van der Waals surface area contributed by atoms with Crippen molar-refractivity contribution in [2.75, 3.05) is 35.7 Å². The second-order valence-electron chi connectivity index (χ2n) is 3.14. The van der Waals surface area contributed by atoms with Crippen molar-refractivity contribution in [1.29, 1.82) is 0 Å². The second kappa shape index (κ2) is 6.40. The second-order valence-corrected chi connectivity index (χ2v) is 4.70. The van der Waals surface area contributed by atoms with Crippen LogP contribution in [0.25, 0.3) is 0 Å². The lowest BCUT2D eigenvalue weighted by Crippen LogP contribution is -2.11. The number of nitrogens with zero attached hydrogens (tertiary/aromatic N) is 1. The van der Waals surface area contributed by atoms with Crippen molar-refractivity contribution in [1.82, 2.24) is 4.98 Å². The Morgan fingerprint density at radius 2 is 2.00 bits per heavy atom. The third-order valence-electron chi connectivity index (χ3n) is 1.80. The van der Waals surface area contributed by atoms with E-state index in [0.29, 0.717) is 12.3 Å². The van der Waals surface area contributed by atoms with Crippen LogP contribution in [-0.2, 0) is 10.8 Å². The molecular weight excluding hydrogens is 210 g/mol. The maximum atomic E-state index is 10.8. The molecule has 1 aromatic rings. The minimum absolute atomic E-state index is 0.646. The van der Waals surface area contributed by atoms with Gasteiger partial charge in [0.15, 0.2) is 0 Å². The van der Waals surface area contributed by atoms with E-state index >= 15 is 0 Å². The van der Waals surface area contributed by atoms with Gasteiger partial charge >= 0.3 is 0 Å². The topological polar surface area (TPSA) is 54.0 Å². The molecular formula is C10H17N3OS. The highest BCUT2D eigenvalue weighted by molar-refractivity contribution is 7.84. The van der Waals surface area contributed by atoms with Crippen molar-refractivity contribution in [2.24, 2.45) is 0 Å². The molecule has 1 atom stereocenters. The number of hydrogen-bond acceptors (Lipinski definition) is 4. The Bertz CT molecular complexity index is 330. The molecule has 2 N–H and O–H groups in total. The fraction of sp³-hybridized carbons (Fsp3) is 0.500. The molecule has 1 aromatic heterocycles. The molecule has 0 fully saturated rings. The van der Waals surface area contributed by atoms with Crippen LogP contribution >= 0.6 is 0 Å². The van der Waals surface area contributed by atoms with Gasteiger partial charge in [-0.05, 0) is 19.1 Å². The first-order chi connectivity index (χ1) is 7.22. The Hall–Kier alpha value is -1.10. The van der Waals surface area contributed by atoms with E-state index in [1.165, 1.54) is 0 Å². The van der Waals surface area contributed by atoms with Gasteiger partial charge in [0.05, 0.1) is 0 Å². The number of pyridine rings is 1. The molecule has 5 heteroatoms. The molecule has 0 saturated heterocycles. The zero-order valence-corrected chi connectivity index (χ0v) is 9.93. The molecule has 1 heterocycles. The standard InChI is InChI=1S/C10H17N3OS/c1-3-11-9-5-4-6-10(13-9)12-7-8-15(2)14/h4-6H,3,7-8H2,1-2H3,(H2,11,12,13). The van der Waals surface area contributed by atoms with Crippen LogP contribution in [0.3, 0.4) is 0 Å². The molecule has 0 aliphatic rings. The van der Waals surface area contributed by atoms with Crippen LogP contribution < -0.4 is 10.6 Å². The normalized spacial score (nSPS) is 12.1. The molecule has 0 aliphatic heterocycles. The summed E-state index contributed by atoms with van der Waals surface area (Å²) >= 11 is 0. The monoisotopic (exact) mass is 227 g/mol. The van der Waals surface area contributed by atoms with Gasteiger partial charge in [0.25, 0.3) is 0 Å². The summed E-state index contributed by atoms with van der Waals surface area (Å²) in [6, 6.07) is 5.77. The largest absolute Gasteiger partial charge is 0.370 e. The SMILES string of the molecule is CCNc1cccc(NCCS(C)=O)n1. The van der Waals surface area contributed by atoms with Gasteiger partial charge in [0.1, 0.15) is 11.6 Å². The molecule has 1 rings (SSSR count). The minimum Gasteiger partial charge on any atom is -0.370 e. The van der Waals surface area contributed by atoms with E-state index in [1.807, 2.05) is 25.1 Å². The maximum absolute atomic E-state index is 10.8. The third-order valence-corrected chi connectivity index (χ3v) is 2.58. The summed E-state index contributed by atoms with van der Waals surface area (Å²) in [5.41, 5.74) is 0. The van der Waals surface area contributed by atoms with Crippen molar-refractivity contribution >= 4 is 22.4 Å². The lowest BCUT2D eigenvalue weighted by molar-refractivity contribution is 0.687. The fourth-order valence-corrected chi connectivity index (χ4v) is 1.53. The van der Waals surface area contributed by atoms with Gasteiger partial charge in [-0.2, -0.15) is 0 Å². The number of aromatic nitrogens is 1. The first kappa shape index (κ1) is 12.0. The molecule has 0 spiro atoms. The molecule has 0 aromatic carbocycles. The Labute approximate surface area is 92.9 Å². The molecule has 84 valence electrons. The summed E-state index contributed by atoms with van der Waals surface area (Å²) in [7, 11) is -0.754. The molecule has 15 heavy (non-hydrogen) atoms. The summed E-state index contributed by atoms with van der Waals surface area (Å²) < 4.78 is 10.8. The highest BCUT2D eigenvalue weighted by atomic mass is 32.2. The van der Waals surface area contributed by atoms with Crippen molar-refractivity contribution in [2.45, 2.75) is 6.92 Å². The summed E-state index contributed by atoms with van der Waals surface area (Å²) in [4.78, 5) is 4.34. The van der Waals surface area contributed by atoms with Crippen LogP contribution in [0.4, 0.5) is 11.6 Å². The van der Waals surface area contributed by atoms with Crippen LogP contribution in [0.1, 0.15) is 6.92 Å². The van der Waals surface area contributed by atoms with Gasteiger partial charge in [0, 0.05) is 35.9 Å². The van der Waals surface area contributed by atoms with E-state index in [2.05, 4.69) is 15.6 Å². The van der Waals surface area contributed by atoms with Crippen molar-refractivity contribution < 1.29 is 4.21 Å². The zero-order chi connectivity index (χ0) is 11.1. The highest BCUT2D eigenvalue weighted by Crippen LogP contribution is 2.08. The van der Waals surface area contributed by atoms with E-state index in [1.54, 1.807) is 6.26 Å². The predicted molar refractivity (Wildman–Crippen MR) is 65.8 cm³/mol. The smallest absolute Gasteiger partial charge is 0.128 e. The van der Waals surface area contributed by atoms with Crippen molar-refractivity contribution in [3.63, 3.8) is 0 Å². The van der Waals surface area contributed by atoms with Gasteiger partial charge in [0.2, 0.25) is 0 Å². The van der Waals surface area contributed by atoms with Crippen LogP contribution in [0.5, 0.6) is 0 Å². The molecule has 0 aliphatic carbocycles. The summed E-state index contributed by atoms with van der Waals surface area (Å²) in [6.45, 7) is 3.57. The molecule has 0 bridgehead atoms. The Kier molecular flexibility index (Phi) is 5.10. The number of anilines is 2. The lowest BCUT2D eigenvalue weighted by Gasteiger charge is -2.07. The minimum atomic E-state index is -0.754. The van der Waals surface area contributed by atoms with Gasteiger partial charge in [-0.15, -0.1) is 0 Å². The molecule has 1 unspecified atom stereocenters. The Balaban J connectivity index is 2.46. The summed E-state index contributed by atoms with van der Waals surface area (Å²) in [5.74, 6) is 2.33. The maximum Gasteiger partial charge on any atom is 0.128 e. The van der Waals surface area contributed by atoms with Gasteiger partial charge in [-0.3, -0.25) is 4.21 Å². The molecule has 0 radical (unpaired) electrons. The quantitative estimate of drug-likeness (QED) is 0.769. The third kappa shape index (κ3) is 4.78. The lowest BCUT2D eigenvalue weighted by atomic mass is 10.4. The van der Waals surface area contributed by atoms with E-state index in [-0.39, 0.29) is 0 Å². The van der Waals surface area contributed by atoms with Crippen LogP contribution in [0.15, 0.2) is 18.2 Å². The average Bonchev–Trinajstić information content (AvgIpc) is 2.18. The van der Waals surface area contributed by atoms with Gasteiger partial charge in [-0.25, -0.2) is 4.98 Å². The predicted octanol–water partition coefficient (Wildman–Crippen LogP) is 1.30. The number of hydrogen-bond donors (Lipinski definition) is 2. The zero-order valence-electron chi connectivity index (χ0n) is 9.12. The Morgan fingerprint density at radius 3 is 2.60 bits per heavy atom. The van der Waals surface area contributed by atoms with Crippen molar-refractivity contribution in [3.8, 4) is 0 Å². The van der Waals surface area contributed by atoms with E-state index in [9.17, 15) is 4.21 Å². The molecule has 0 saturated carbocycles. The van der Waals surface area contributed by atoms with E-state index in [0.717, 1.165) is 18.2 Å². The Morgan fingerprint density at radius 1 is 1.33 bits per heavy atom. The average molecular weight is 227 g/mol. The summed E-state index contributed by atoms with van der Waals surface area (Å²) in [5, 5.41) is 6.27. The summed E-state index contributed by atoms with van der Waals surface area (Å²) in [6.07, 6.45) is 1.70. The van der Waals surface area contributed by atoms with Gasteiger partial charge < -0.3 is 10.6 Å².